The van der Waals surface area contributed by atoms with E-state index in [-0.39, 0.29) is 11.9 Å². The Morgan fingerprint density at radius 3 is 3.00 bits per heavy atom. The van der Waals surface area contributed by atoms with E-state index >= 15 is 0 Å². The first kappa shape index (κ1) is 13.2. The Balaban J connectivity index is 1.93. The fourth-order valence-corrected chi connectivity index (χ4v) is 1.58. The van der Waals surface area contributed by atoms with Gasteiger partial charge in [-0.1, -0.05) is 5.16 Å². The predicted octanol–water partition coefficient (Wildman–Crippen LogP) is 1.59. The minimum Gasteiger partial charge on any atom is -0.354 e. The van der Waals surface area contributed by atoms with E-state index in [1.165, 1.54) is 0 Å². The Kier molecular flexibility index (Phi) is 4.22. The minimum atomic E-state index is -0.0175. The van der Waals surface area contributed by atoms with Crippen molar-refractivity contribution in [3.05, 3.63) is 30.4 Å². The van der Waals surface area contributed by atoms with Crippen LogP contribution >= 0.6 is 0 Å². The van der Waals surface area contributed by atoms with Gasteiger partial charge in [-0.25, -0.2) is 0 Å². The molecule has 0 atom stereocenters. The van der Waals surface area contributed by atoms with Gasteiger partial charge in [-0.15, -0.1) is 0 Å². The number of aryl methyl sites for hydroxylation is 1. The highest BCUT2D eigenvalue weighted by atomic mass is 16.5. The fourth-order valence-electron chi connectivity index (χ4n) is 1.58. The van der Waals surface area contributed by atoms with Crippen LogP contribution in [0.2, 0.25) is 0 Å². The number of nitrogens with one attached hydrogen (secondary N) is 1. The van der Waals surface area contributed by atoms with Crippen molar-refractivity contribution < 1.29 is 9.32 Å². The maximum atomic E-state index is 11.5. The van der Waals surface area contributed by atoms with Gasteiger partial charge in [0, 0.05) is 36.8 Å². The maximum Gasteiger partial charge on any atom is 0.227 e. The summed E-state index contributed by atoms with van der Waals surface area (Å²) in [5.74, 6) is 0.932. The van der Waals surface area contributed by atoms with Crippen LogP contribution in [0.25, 0.3) is 11.4 Å². The molecule has 0 saturated heterocycles. The van der Waals surface area contributed by atoms with Crippen molar-refractivity contribution in [1.29, 1.82) is 0 Å². The third kappa shape index (κ3) is 3.87. The molecule has 0 aliphatic rings. The van der Waals surface area contributed by atoms with Crippen LogP contribution in [0.15, 0.2) is 29.0 Å². The van der Waals surface area contributed by atoms with E-state index in [4.69, 9.17) is 4.52 Å². The number of aromatic nitrogens is 3. The summed E-state index contributed by atoms with van der Waals surface area (Å²) in [4.78, 5) is 19.7. The zero-order chi connectivity index (χ0) is 13.7. The molecule has 0 saturated carbocycles. The molecule has 2 aromatic rings. The molecule has 0 radical (unpaired) electrons. The number of nitrogens with zero attached hydrogens (tertiary/aromatic N) is 3. The average Bonchev–Trinajstić information content (AvgIpc) is 2.85. The molecule has 0 aromatic carbocycles. The summed E-state index contributed by atoms with van der Waals surface area (Å²) < 4.78 is 5.11. The number of carbonyl (C=O) groups is 1. The third-order valence-electron chi connectivity index (χ3n) is 2.40. The molecule has 6 nitrogen and oxygen atoms in total. The van der Waals surface area contributed by atoms with Gasteiger partial charge in [-0.05, 0) is 26.0 Å². The van der Waals surface area contributed by atoms with Crippen LogP contribution in [-0.2, 0) is 11.2 Å². The van der Waals surface area contributed by atoms with Crippen molar-refractivity contribution in [2.75, 3.05) is 0 Å². The first-order valence-corrected chi connectivity index (χ1v) is 6.17. The molecule has 100 valence electrons. The molecule has 0 spiro atoms. The minimum absolute atomic E-state index is 0.0175. The zero-order valence-corrected chi connectivity index (χ0v) is 11.0. The molecule has 0 aliphatic carbocycles. The molecule has 0 fully saturated rings. The smallest absolute Gasteiger partial charge is 0.227 e. The van der Waals surface area contributed by atoms with Crippen LogP contribution in [0.5, 0.6) is 0 Å². The van der Waals surface area contributed by atoms with Crippen molar-refractivity contribution in [3.63, 3.8) is 0 Å². The van der Waals surface area contributed by atoms with Crippen molar-refractivity contribution in [2.24, 2.45) is 0 Å². The first-order valence-electron chi connectivity index (χ1n) is 6.17. The highest BCUT2D eigenvalue weighted by Crippen LogP contribution is 2.14. The molecule has 1 amide bonds. The molecular weight excluding hydrogens is 244 g/mol. The fraction of sp³-hybridized carbons (Fsp3) is 0.385. The van der Waals surface area contributed by atoms with Crippen LogP contribution in [0, 0.1) is 0 Å². The Morgan fingerprint density at radius 1 is 1.47 bits per heavy atom. The summed E-state index contributed by atoms with van der Waals surface area (Å²) in [6.45, 7) is 3.84. The predicted molar refractivity (Wildman–Crippen MR) is 69.1 cm³/mol. The van der Waals surface area contributed by atoms with Gasteiger partial charge in [-0.3, -0.25) is 9.78 Å². The lowest BCUT2D eigenvalue weighted by atomic mass is 10.2. The van der Waals surface area contributed by atoms with E-state index in [1.54, 1.807) is 18.5 Å². The molecule has 2 heterocycles. The quantitative estimate of drug-likeness (QED) is 0.882. The van der Waals surface area contributed by atoms with Crippen molar-refractivity contribution in [1.82, 2.24) is 20.4 Å². The lowest BCUT2D eigenvalue weighted by Gasteiger charge is -2.06. The van der Waals surface area contributed by atoms with Gasteiger partial charge < -0.3 is 9.84 Å². The summed E-state index contributed by atoms with van der Waals surface area (Å²) >= 11 is 0. The number of pyridine rings is 1. The number of hydrogen-bond donors (Lipinski definition) is 1. The van der Waals surface area contributed by atoms with Gasteiger partial charge in [0.15, 0.2) is 0 Å². The summed E-state index contributed by atoms with van der Waals surface area (Å²) in [6, 6.07) is 3.80. The summed E-state index contributed by atoms with van der Waals surface area (Å²) in [6.07, 6.45) is 4.12. The Labute approximate surface area is 111 Å². The third-order valence-corrected chi connectivity index (χ3v) is 2.40. The van der Waals surface area contributed by atoms with Gasteiger partial charge in [0.25, 0.3) is 0 Å². The second kappa shape index (κ2) is 6.08. The van der Waals surface area contributed by atoms with E-state index in [0.717, 1.165) is 5.56 Å². The zero-order valence-electron chi connectivity index (χ0n) is 11.0. The largest absolute Gasteiger partial charge is 0.354 e. The van der Waals surface area contributed by atoms with E-state index in [1.807, 2.05) is 19.9 Å². The Morgan fingerprint density at radius 2 is 2.32 bits per heavy atom. The van der Waals surface area contributed by atoms with Crippen molar-refractivity contribution in [3.8, 4) is 11.4 Å². The number of amides is 1. The maximum absolute atomic E-state index is 11.5. The van der Waals surface area contributed by atoms with Crippen LogP contribution in [0.4, 0.5) is 0 Å². The molecule has 0 unspecified atom stereocenters. The van der Waals surface area contributed by atoms with Gasteiger partial charge in [0.1, 0.15) is 0 Å². The van der Waals surface area contributed by atoms with Crippen LogP contribution < -0.4 is 5.32 Å². The van der Waals surface area contributed by atoms with Crippen LogP contribution in [0.1, 0.15) is 26.2 Å². The van der Waals surface area contributed by atoms with E-state index in [9.17, 15) is 4.79 Å². The second-order valence-electron chi connectivity index (χ2n) is 4.48. The first-order chi connectivity index (χ1) is 9.15. The van der Waals surface area contributed by atoms with Gasteiger partial charge in [0.2, 0.25) is 17.6 Å². The summed E-state index contributed by atoms with van der Waals surface area (Å²) in [5, 5.41) is 6.68. The van der Waals surface area contributed by atoms with Crippen molar-refractivity contribution >= 4 is 5.91 Å². The second-order valence-corrected chi connectivity index (χ2v) is 4.48. The van der Waals surface area contributed by atoms with Gasteiger partial charge in [-0.2, -0.15) is 4.98 Å². The number of hydrogen-bond acceptors (Lipinski definition) is 5. The molecule has 19 heavy (non-hydrogen) atoms. The van der Waals surface area contributed by atoms with Crippen molar-refractivity contribution in [2.45, 2.75) is 32.7 Å². The molecule has 0 bridgehead atoms. The molecule has 2 aromatic heterocycles. The molecule has 2 rings (SSSR count). The topological polar surface area (TPSA) is 80.9 Å². The molecular formula is C13H16N4O2. The highest BCUT2D eigenvalue weighted by molar-refractivity contribution is 5.76. The standard InChI is InChI=1S/C13H16N4O2/c1-9(2)15-11(18)5-6-12-16-13(17-19-12)10-4-3-7-14-8-10/h3-4,7-9H,5-6H2,1-2H3,(H,15,18). The molecule has 6 heteroatoms. The average molecular weight is 260 g/mol. The molecule has 1 N–H and O–H groups in total. The van der Waals surface area contributed by atoms with Gasteiger partial charge in [0.05, 0.1) is 0 Å². The lowest BCUT2D eigenvalue weighted by molar-refractivity contribution is -0.121. The van der Waals surface area contributed by atoms with Crippen LogP contribution in [-0.4, -0.2) is 27.1 Å². The number of rotatable bonds is 5. The Bertz CT molecular complexity index is 537. The van der Waals surface area contributed by atoms with E-state index in [2.05, 4.69) is 20.4 Å². The van der Waals surface area contributed by atoms with Crippen LogP contribution in [0.3, 0.4) is 0 Å². The van der Waals surface area contributed by atoms with E-state index < -0.39 is 0 Å². The van der Waals surface area contributed by atoms with Gasteiger partial charge >= 0.3 is 0 Å². The number of carbonyl (C=O) groups excluding carboxylic acids is 1. The highest BCUT2D eigenvalue weighted by Gasteiger charge is 2.10. The summed E-state index contributed by atoms with van der Waals surface area (Å²) in [5.41, 5.74) is 0.795. The summed E-state index contributed by atoms with van der Waals surface area (Å²) in [7, 11) is 0. The normalized spacial score (nSPS) is 10.7. The molecule has 0 aliphatic heterocycles. The Hall–Kier alpha value is -2.24. The lowest BCUT2D eigenvalue weighted by Crippen LogP contribution is -2.30. The monoisotopic (exact) mass is 260 g/mol. The van der Waals surface area contributed by atoms with E-state index in [0.29, 0.717) is 24.6 Å². The SMILES string of the molecule is CC(C)NC(=O)CCc1nc(-c2cccnc2)no1.